The smallest absolute Gasteiger partial charge is 0.220 e. The molecule has 4 rings (SSSR count). The second kappa shape index (κ2) is 7.50. The van der Waals surface area contributed by atoms with Crippen molar-refractivity contribution in [2.75, 3.05) is 13.2 Å². The number of aromatic hydroxyl groups is 1. The minimum absolute atomic E-state index is 0.0183. The number of amides is 1. The third kappa shape index (κ3) is 3.22. The van der Waals surface area contributed by atoms with Crippen molar-refractivity contribution in [3.63, 3.8) is 0 Å². The van der Waals surface area contributed by atoms with Crippen LogP contribution in [0, 0.1) is 22.7 Å². The molecule has 2 aliphatic carbocycles. The lowest BCUT2D eigenvalue weighted by atomic mass is 9.59. The molecule has 1 saturated heterocycles. The number of hydrogen-bond acceptors (Lipinski definition) is 4. The van der Waals surface area contributed by atoms with E-state index in [4.69, 9.17) is 9.47 Å². The fourth-order valence-electron chi connectivity index (χ4n) is 6.56. The lowest BCUT2D eigenvalue weighted by molar-refractivity contribution is -0.137. The molecule has 29 heavy (non-hydrogen) atoms. The molecular formula is C24H35NO4. The van der Waals surface area contributed by atoms with Crippen LogP contribution in [0.5, 0.6) is 11.5 Å². The Bertz CT molecular complexity index is 776. The molecule has 0 unspecified atom stereocenters. The molecule has 3 fully saturated rings. The number of phenols is 1. The molecule has 1 aliphatic heterocycles. The van der Waals surface area contributed by atoms with Crippen molar-refractivity contribution in [1.82, 2.24) is 5.32 Å². The first-order valence-corrected chi connectivity index (χ1v) is 11.2. The Hall–Kier alpha value is -1.75. The molecule has 5 atom stereocenters. The number of rotatable bonds is 6. The van der Waals surface area contributed by atoms with Gasteiger partial charge in [0.25, 0.3) is 0 Å². The summed E-state index contributed by atoms with van der Waals surface area (Å²) in [6.45, 7) is 9.85. The van der Waals surface area contributed by atoms with E-state index >= 15 is 0 Å². The fourth-order valence-corrected chi connectivity index (χ4v) is 6.56. The van der Waals surface area contributed by atoms with Crippen LogP contribution in [0.15, 0.2) is 18.2 Å². The summed E-state index contributed by atoms with van der Waals surface area (Å²) in [5.41, 5.74) is 1.26. The van der Waals surface area contributed by atoms with Crippen LogP contribution >= 0.6 is 0 Å². The summed E-state index contributed by atoms with van der Waals surface area (Å²) < 4.78 is 11.9. The van der Waals surface area contributed by atoms with Gasteiger partial charge in [0.05, 0.1) is 12.7 Å². The SMILES string of the molecule is CCCC(=O)N[C@@H]1C(C)(C)[C@@H]2C[C@@H]3[C@@H](c4ccc(O)c(OCC)c4)OCC[C@@]31C2. The van der Waals surface area contributed by atoms with Crippen LogP contribution < -0.4 is 10.1 Å². The van der Waals surface area contributed by atoms with Crippen LogP contribution in [0.4, 0.5) is 0 Å². The van der Waals surface area contributed by atoms with Crippen LogP contribution in [0.2, 0.25) is 0 Å². The van der Waals surface area contributed by atoms with Crippen LogP contribution in [-0.4, -0.2) is 30.3 Å². The Morgan fingerprint density at radius 3 is 2.86 bits per heavy atom. The van der Waals surface area contributed by atoms with Gasteiger partial charge in [-0.15, -0.1) is 0 Å². The summed E-state index contributed by atoms with van der Waals surface area (Å²) in [4.78, 5) is 12.6. The molecule has 5 heteroatoms. The number of carbonyl (C=O) groups is 1. The number of hydrogen-bond donors (Lipinski definition) is 2. The number of carbonyl (C=O) groups excluding carboxylic acids is 1. The van der Waals surface area contributed by atoms with Gasteiger partial charge in [-0.25, -0.2) is 0 Å². The molecule has 1 spiro atoms. The van der Waals surface area contributed by atoms with Crippen molar-refractivity contribution in [2.45, 2.75) is 71.9 Å². The van der Waals surface area contributed by atoms with Gasteiger partial charge in [0, 0.05) is 19.1 Å². The van der Waals surface area contributed by atoms with E-state index in [-0.39, 0.29) is 34.6 Å². The predicted molar refractivity (Wildman–Crippen MR) is 112 cm³/mol. The average Bonchev–Trinajstić information content (AvgIpc) is 3.17. The molecule has 3 aliphatic rings. The summed E-state index contributed by atoms with van der Waals surface area (Å²) in [5, 5.41) is 13.5. The van der Waals surface area contributed by atoms with Gasteiger partial charge in [0.1, 0.15) is 0 Å². The summed E-state index contributed by atoms with van der Waals surface area (Å²) in [7, 11) is 0. The van der Waals surface area contributed by atoms with Gasteiger partial charge in [-0.05, 0) is 73.0 Å². The van der Waals surface area contributed by atoms with E-state index in [1.807, 2.05) is 19.1 Å². The van der Waals surface area contributed by atoms with E-state index in [2.05, 4.69) is 26.1 Å². The van der Waals surface area contributed by atoms with Crippen molar-refractivity contribution in [1.29, 1.82) is 0 Å². The average molecular weight is 402 g/mol. The molecule has 1 heterocycles. The van der Waals surface area contributed by atoms with E-state index in [9.17, 15) is 9.90 Å². The standard InChI is InChI=1S/C24H35NO4/c1-5-7-20(27)25-22-23(3,4)16-13-17-21(29-11-10-24(17,22)14-16)15-8-9-18(26)19(12-15)28-6-2/h8-9,12,16-17,21-22,26H,5-7,10-11,13-14H2,1-4H3,(H,25,27)/t16-,17-,21-,22-,24-/m1/s1. The second-order valence-corrected chi connectivity index (χ2v) is 9.75. The molecule has 2 saturated carbocycles. The van der Waals surface area contributed by atoms with Crippen molar-refractivity contribution in [2.24, 2.45) is 22.7 Å². The summed E-state index contributed by atoms with van der Waals surface area (Å²) in [5.74, 6) is 1.83. The van der Waals surface area contributed by atoms with Crippen LogP contribution in [0.3, 0.4) is 0 Å². The number of phenolic OH excluding ortho intramolecular Hbond substituents is 1. The normalized spacial score (nSPS) is 34.6. The van der Waals surface area contributed by atoms with Gasteiger partial charge in [-0.2, -0.15) is 0 Å². The van der Waals surface area contributed by atoms with Gasteiger partial charge < -0.3 is 19.9 Å². The van der Waals surface area contributed by atoms with E-state index in [0.29, 0.717) is 37.2 Å². The van der Waals surface area contributed by atoms with E-state index in [0.717, 1.165) is 31.2 Å². The molecule has 0 aromatic heterocycles. The van der Waals surface area contributed by atoms with Crippen molar-refractivity contribution in [3.05, 3.63) is 23.8 Å². The zero-order chi connectivity index (χ0) is 20.8. The number of fused-ring (bicyclic) bond motifs is 1. The molecular weight excluding hydrogens is 366 g/mol. The van der Waals surface area contributed by atoms with Gasteiger partial charge >= 0.3 is 0 Å². The summed E-state index contributed by atoms with van der Waals surface area (Å²) >= 11 is 0. The van der Waals surface area contributed by atoms with Gasteiger partial charge in [-0.3, -0.25) is 4.79 Å². The Kier molecular flexibility index (Phi) is 5.30. The summed E-state index contributed by atoms with van der Waals surface area (Å²) in [6.07, 6.45) is 4.74. The van der Waals surface area contributed by atoms with Crippen molar-refractivity contribution < 1.29 is 19.4 Å². The zero-order valence-electron chi connectivity index (χ0n) is 18.2. The highest BCUT2D eigenvalue weighted by atomic mass is 16.5. The number of benzene rings is 1. The highest BCUT2D eigenvalue weighted by Gasteiger charge is 2.68. The lowest BCUT2D eigenvalue weighted by Gasteiger charge is -2.53. The molecule has 5 nitrogen and oxygen atoms in total. The maximum atomic E-state index is 12.6. The molecule has 2 bridgehead atoms. The first-order valence-electron chi connectivity index (χ1n) is 11.2. The molecule has 1 aromatic carbocycles. The largest absolute Gasteiger partial charge is 0.504 e. The van der Waals surface area contributed by atoms with E-state index in [1.54, 1.807) is 6.07 Å². The van der Waals surface area contributed by atoms with Crippen LogP contribution in [0.25, 0.3) is 0 Å². The minimum Gasteiger partial charge on any atom is -0.504 e. The zero-order valence-corrected chi connectivity index (χ0v) is 18.2. The topological polar surface area (TPSA) is 67.8 Å². The van der Waals surface area contributed by atoms with Crippen molar-refractivity contribution >= 4 is 5.91 Å². The maximum absolute atomic E-state index is 12.6. The second-order valence-electron chi connectivity index (χ2n) is 9.75. The molecule has 160 valence electrons. The predicted octanol–water partition coefficient (Wildman–Crippen LogP) is 4.59. The minimum atomic E-state index is -0.0183. The third-order valence-corrected chi connectivity index (χ3v) is 7.90. The Morgan fingerprint density at radius 1 is 1.34 bits per heavy atom. The van der Waals surface area contributed by atoms with E-state index < -0.39 is 0 Å². The Balaban J connectivity index is 1.66. The molecule has 1 amide bonds. The molecule has 0 radical (unpaired) electrons. The van der Waals surface area contributed by atoms with Gasteiger partial charge in [0.2, 0.25) is 5.91 Å². The Labute approximate surface area is 174 Å². The van der Waals surface area contributed by atoms with Crippen LogP contribution in [0.1, 0.15) is 71.5 Å². The Morgan fingerprint density at radius 2 is 2.14 bits per heavy atom. The van der Waals surface area contributed by atoms with Crippen molar-refractivity contribution in [3.8, 4) is 11.5 Å². The highest BCUT2D eigenvalue weighted by molar-refractivity contribution is 5.76. The molecule has 2 N–H and O–H groups in total. The quantitative estimate of drug-likeness (QED) is 0.732. The maximum Gasteiger partial charge on any atom is 0.220 e. The van der Waals surface area contributed by atoms with E-state index in [1.165, 1.54) is 0 Å². The first-order chi connectivity index (χ1) is 13.8. The monoisotopic (exact) mass is 401 g/mol. The highest BCUT2D eigenvalue weighted by Crippen LogP contribution is 2.70. The number of nitrogens with one attached hydrogen (secondary N) is 1. The van der Waals surface area contributed by atoms with Crippen LogP contribution in [-0.2, 0) is 9.53 Å². The first kappa shape index (κ1) is 20.5. The lowest BCUT2D eigenvalue weighted by Crippen LogP contribution is -2.58. The number of ether oxygens (including phenoxy) is 2. The third-order valence-electron chi connectivity index (χ3n) is 7.90. The summed E-state index contributed by atoms with van der Waals surface area (Å²) in [6, 6.07) is 5.80. The van der Waals surface area contributed by atoms with Gasteiger partial charge in [-0.1, -0.05) is 26.8 Å². The fraction of sp³-hybridized carbons (Fsp3) is 0.708. The molecule has 1 aromatic rings. The van der Waals surface area contributed by atoms with Gasteiger partial charge in [0.15, 0.2) is 11.5 Å².